The third-order valence-electron chi connectivity index (χ3n) is 5.02. The quantitative estimate of drug-likeness (QED) is 0.895. The van der Waals surface area contributed by atoms with E-state index in [4.69, 9.17) is 0 Å². The van der Waals surface area contributed by atoms with Gasteiger partial charge in [-0.3, -0.25) is 5.10 Å². The largest absolute Gasteiger partial charge is 0.334 e. The van der Waals surface area contributed by atoms with Gasteiger partial charge in [-0.15, -0.1) is 0 Å². The van der Waals surface area contributed by atoms with Gasteiger partial charge in [0.25, 0.3) is 0 Å². The summed E-state index contributed by atoms with van der Waals surface area (Å²) in [5.41, 5.74) is 1.20. The number of piperidine rings is 2. The second-order valence-corrected chi connectivity index (χ2v) is 6.46. The highest BCUT2D eigenvalue weighted by molar-refractivity contribution is 5.74. The Bertz CT molecular complexity index is 467. The average Bonchev–Trinajstić information content (AvgIpc) is 3.09. The smallest absolute Gasteiger partial charge is 0.317 e. The maximum Gasteiger partial charge on any atom is 0.317 e. The first-order valence-electron chi connectivity index (χ1n) is 8.53. The van der Waals surface area contributed by atoms with E-state index in [0.717, 1.165) is 45.4 Å². The number of hydrogen-bond donors (Lipinski definition) is 2. The SMILES string of the molecule is CCN1CCC[C@H](NC(=O)N2CCC(c3ccn[nH]3)CC2)C1. The topological polar surface area (TPSA) is 64.3 Å². The van der Waals surface area contributed by atoms with E-state index < -0.39 is 0 Å². The van der Waals surface area contributed by atoms with Gasteiger partial charge in [0, 0.05) is 43.5 Å². The number of carbonyl (C=O) groups excluding carboxylic acids is 1. The molecular formula is C16H27N5O. The van der Waals surface area contributed by atoms with Crippen molar-refractivity contribution in [3.8, 4) is 0 Å². The number of rotatable bonds is 3. The molecule has 1 aromatic rings. The number of nitrogens with one attached hydrogen (secondary N) is 2. The van der Waals surface area contributed by atoms with Crippen LogP contribution in [0.1, 0.15) is 44.2 Å². The van der Waals surface area contributed by atoms with Crippen molar-refractivity contribution in [2.24, 2.45) is 0 Å². The number of H-pyrrole nitrogens is 1. The molecule has 6 heteroatoms. The molecule has 2 amide bonds. The standard InChI is InChI=1S/C16H27N5O/c1-2-20-9-3-4-14(12-20)18-16(22)21-10-6-13(7-11-21)15-5-8-17-19-15/h5,8,13-14H,2-4,6-7,9-12H2,1H3,(H,17,19)(H,18,22)/t14-/m0/s1. The molecule has 1 aromatic heterocycles. The Morgan fingerprint density at radius 1 is 1.36 bits per heavy atom. The van der Waals surface area contributed by atoms with Crippen molar-refractivity contribution in [3.05, 3.63) is 18.0 Å². The van der Waals surface area contributed by atoms with Gasteiger partial charge in [0.05, 0.1) is 0 Å². The molecule has 2 fully saturated rings. The first kappa shape index (κ1) is 15.3. The van der Waals surface area contributed by atoms with Crippen LogP contribution in [-0.4, -0.2) is 64.8 Å². The fourth-order valence-corrected chi connectivity index (χ4v) is 3.61. The van der Waals surface area contributed by atoms with Gasteiger partial charge in [0.15, 0.2) is 0 Å². The van der Waals surface area contributed by atoms with Crippen molar-refractivity contribution in [1.29, 1.82) is 0 Å². The monoisotopic (exact) mass is 305 g/mol. The first-order valence-corrected chi connectivity index (χ1v) is 8.53. The molecule has 122 valence electrons. The molecule has 2 saturated heterocycles. The minimum absolute atomic E-state index is 0.117. The van der Waals surface area contributed by atoms with Gasteiger partial charge in [-0.1, -0.05) is 6.92 Å². The number of aromatic nitrogens is 2. The Morgan fingerprint density at radius 3 is 2.86 bits per heavy atom. The molecule has 2 aliphatic heterocycles. The fraction of sp³-hybridized carbons (Fsp3) is 0.750. The summed E-state index contributed by atoms with van der Waals surface area (Å²) in [5.74, 6) is 0.511. The van der Waals surface area contributed by atoms with Crippen LogP contribution in [0.3, 0.4) is 0 Å². The van der Waals surface area contributed by atoms with Gasteiger partial charge < -0.3 is 15.1 Å². The molecule has 0 aliphatic carbocycles. The molecule has 0 unspecified atom stereocenters. The average molecular weight is 305 g/mol. The van der Waals surface area contributed by atoms with Crippen LogP contribution in [0.5, 0.6) is 0 Å². The lowest BCUT2D eigenvalue weighted by atomic mass is 9.94. The summed E-state index contributed by atoms with van der Waals surface area (Å²) >= 11 is 0. The van der Waals surface area contributed by atoms with Crippen LogP contribution in [0.2, 0.25) is 0 Å². The molecule has 0 radical (unpaired) electrons. The van der Waals surface area contributed by atoms with Gasteiger partial charge >= 0.3 is 6.03 Å². The Morgan fingerprint density at radius 2 is 2.18 bits per heavy atom. The molecule has 2 N–H and O–H groups in total. The molecule has 6 nitrogen and oxygen atoms in total. The Balaban J connectivity index is 1.45. The fourth-order valence-electron chi connectivity index (χ4n) is 3.61. The van der Waals surface area contributed by atoms with Crippen LogP contribution >= 0.6 is 0 Å². The van der Waals surface area contributed by atoms with Crippen LogP contribution in [0.15, 0.2) is 12.3 Å². The third-order valence-corrected chi connectivity index (χ3v) is 5.02. The maximum atomic E-state index is 12.4. The molecule has 2 aliphatic rings. The molecule has 1 atom stereocenters. The highest BCUT2D eigenvalue weighted by Crippen LogP contribution is 2.26. The summed E-state index contributed by atoms with van der Waals surface area (Å²) in [6.45, 7) is 7.08. The molecule has 0 saturated carbocycles. The first-order chi connectivity index (χ1) is 10.8. The molecule has 22 heavy (non-hydrogen) atoms. The zero-order valence-corrected chi connectivity index (χ0v) is 13.4. The number of hydrogen-bond acceptors (Lipinski definition) is 3. The number of carbonyl (C=O) groups is 1. The van der Waals surface area contributed by atoms with Crippen molar-refractivity contribution in [1.82, 2.24) is 25.3 Å². The predicted molar refractivity (Wildman–Crippen MR) is 85.8 cm³/mol. The van der Waals surface area contributed by atoms with Crippen molar-refractivity contribution >= 4 is 6.03 Å². The summed E-state index contributed by atoms with van der Waals surface area (Å²) in [6.07, 6.45) is 6.12. The number of aromatic amines is 1. The van der Waals surface area contributed by atoms with Gasteiger partial charge in [-0.25, -0.2) is 4.79 Å². The minimum Gasteiger partial charge on any atom is -0.334 e. The van der Waals surface area contributed by atoms with E-state index in [9.17, 15) is 4.79 Å². The minimum atomic E-state index is 0.117. The van der Waals surface area contributed by atoms with Crippen LogP contribution in [-0.2, 0) is 0 Å². The summed E-state index contributed by atoms with van der Waals surface area (Å²) < 4.78 is 0. The Kier molecular flexibility index (Phi) is 4.97. The molecule has 3 heterocycles. The van der Waals surface area contributed by atoms with Gasteiger partial charge in [-0.05, 0) is 44.8 Å². The molecule has 3 rings (SSSR count). The predicted octanol–water partition coefficient (Wildman–Crippen LogP) is 1.78. The van der Waals surface area contributed by atoms with Crippen LogP contribution in [0, 0.1) is 0 Å². The van der Waals surface area contributed by atoms with E-state index in [1.54, 1.807) is 6.20 Å². The van der Waals surface area contributed by atoms with E-state index in [1.807, 2.05) is 11.0 Å². The molecular weight excluding hydrogens is 278 g/mol. The summed E-state index contributed by atoms with van der Waals surface area (Å²) in [6, 6.07) is 2.47. The number of likely N-dealkylation sites (N-methyl/N-ethyl adjacent to an activating group) is 1. The lowest BCUT2D eigenvalue weighted by Gasteiger charge is -2.36. The van der Waals surface area contributed by atoms with Gasteiger partial charge in [-0.2, -0.15) is 5.10 Å². The van der Waals surface area contributed by atoms with E-state index in [2.05, 4.69) is 27.3 Å². The Labute approximate surface area is 132 Å². The zero-order valence-electron chi connectivity index (χ0n) is 13.4. The lowest BCUT2D eigenvalue weighted by Crippen LogP contribution is -2.52. The summed E-state index contributed by atoms with van der Waals surface area (Å²) in [4.78, 5) is 16.8. The highest BCUT2D eigenvalue weighted by Gasteiger charge is 2.27. The maximum absolute atomic E-state index is 12.4. The van der Waals surface area contributed by atoms with E-state index in [1.165, 1.54) is 18.7 Å². The lowest BCUT2D eigenvalue weighted by molar-refractivity contribution is 0.160. The van der Waals surface area contributed by atoms with Gasteiger partial charge in [0.1, 0.15) is 0 Å². The summed E-state index contributed by atoms with van der Waals surface area (Å²) in [5, 5.41) is 10.3. The molecule has 0 aromatic carbocycles. The number of amides is 2. The number of likely N-dealkylation sites (tertiary alicyclic amines) is 2. The zero-order chi connectivity index (χ0) is 15.4. The van der Waals surface area contributed by atoms with E-state index in [-0.39, 0.29) is 6.03 Å². The second-order valence-electron chi connectivity index (χ2n) is 6.46. The second kappa shape index (κ2) is 7.13. The van der Waals surface area contributed by atoms with Crippen molar-refractivity contribution in [2.45, 2.75) is 44.6 Å². The van der Waals surface area contributed by atoms with Crippen molar-refractivity contribution < 1.29 is 4.79 Å². The number of nitrogens with zero attached hydrogens (tertiary/aromatic N) is 3. The number of urea groups is 1. The van der Waals surface area contributed by atoms with E-state index >= 15 is 0 Å². The van der Waals surface area contributed by atoms with Crippen LogP contribution in [0.25, 0.3) is 0 Å². The summed E-state index contributed by atoms with van der Waals surface area (Å²) in [7, 11) is 0. The normalized spacial score (nSPS) is 24.4. The Hall–Kier alpha value is -1.56. The van der Waals surface area contributed by atoms with Crippen LogP contribution in [0.4, 0.5) is 4.79 Å². The van der Waals surface area contributed by atoms with E-state index in [0.29, 0.717) is 12.0 Å². The highest BCUT2D eigenvalue weighted by atomic mass is 16.2. The van der Waals surface area contributed by atoms with Gasteiger partial charge in [0.2, 0.25) is 0 Å². The molecule has 0 bridgehead atoms. The van der Waals surface area contributed by atoms with Crippen molar-refractivity contribution in [2.75, 3.05) is 32.7 Å². The van der Waals surface area contributed by atoms with Crippen LogP contribution < -0.4 is 5.32 Å². The third kappa shape index (κ3) is 3.61. The molecule has 0 spiro atoms. The van der Waals surface area contributed by atoms with Crippen molar-refractivity contribution in [3.63, 3.8) is 0 Å².